The molecule has 1 aliphatic rings. The summed E-state index contributed by atoms with van der Waals surface area (Å²) in [7, 11) is 0. The SMILES string of the molecule is CCCc1nc(C2CCCCCN2)n[nH]1. The normalized spacial score (nSPS) is 22.6. The van der Waals surface area contributed by atoms with E-state index in [-0.39, 0.29) is 0 Å². The van der Waals surface area contributed by atoms with Gasteiger partial charge in [-0.15, -0.1) is 0 Å². The van der Waals surface area contributed by atoms with Crippen molar-refractivity contribution >= 4 is 0 Å². The average molecular weight is 208 g/mol. The second-order valence-corrected chi connectivity index (χ2v) is 4.25. The second-order valence-electron chi connectivity index (χ2n) is 4.25. The summed E-state index contributed by atoms with van der Waals surface area (Å²) in [5.74, 6) is 1.99. The van der Waals surface area contributed by atoms with Gasteiger partial charge in [-0.25, -0.2) is 4.98 Å². The molecule has 4 heteroatoms. The van der Waals surface area contributed by atoms with E-state index in [0.29, 0.717) is 6.04 Å². The fourth-order valence-corrected chi connectivity index (χ4v) is 2.06. The maximum atomic E-state index is 4.54. The highest BCUT2D eigenvalue weighted by atomic mass is 15.2. The molecular weight excluding hydrogens is 188 g/mol. The third kappa shape index (κ3) is 2.78. The van der Waals surface area contributed by atoms with Crippen LogP contribution in [-0.4, -0.2) is 21.7 Å². The van der Waals surface area contributed by atoms with E-state index >= 15 is 0 Å². The molecule has 0 aliphatic carbocycles. The first-order valence-electron chi connectivity index (χ1n) is 6.04. The molecule has 1 aromatic heterocycles. The van der Waals surface area contributed by atoms with E-state index < -0.39 is 0 Å². The van der Waals surface area contributed by atoms with Crippen LogP contribution in [0.25, 0.3) is 0 Å². The van der Waals surface area contributed by atoms with Crippen molar-refractivity contribution in [2.24, 2.45) is 0 Å². The Bertz CT molecular complexity index is 287. The molecule has 0 radical (unpaired) electrons. The minimum absolute atomic E-state index is 0.370. The zero-order valence-corrected chi connectivity index (χ0v) is 9.42. The number of nitrogens with zero attached hydrogens (tertiary/aromatic N) is 2. The minimum atomic E-state index is 0.370. The summed E-state index contributed by atoms with van der Waals surface area (Å²) >= 11 is 0. The second kappa shape index (κ2) is 5.26. The van der Waals surface area contributed by atoms with Crippen molar-refractivity contribution in [1.29, 1.82) is 0 Å². The first kappa shape index (κ1) is 10.6. The lowest BCUT2D eigenvalue weighted by molar-refractivity contribution is 0.509. The standard InChI is InChI=1S/C11H20N4/c1-2-6-10-13-11(15-14-10)9-7-4-3-5-8-12-9/h9,12H,2-8H2,1H3,(H,13,14,15). The van der Waals surface area contributed by atoms with E-state index in [2.05, 4.69) is 27.4 Å². The van der Waals surface area contributed by atoms with Crippen LogP contribution in [0.4, 0.5) is 0 Å². The molecule has 1 aliphatic heterocycles. The largest absolute Gasteiger partial charge is 0.307 e. The van der Waals surface area contributed by atoms with Gasteiger partial charge in [-0.3, -0.25) is 5.10 Å². The van der Waals surface area contributed by atoms with Crippen molar-refractivity contribution in [3.05, 3.63) is 11.6 Å². The zero-order valence-electron chi connectivity index (χ0n) is 9.42. The summed E-state index contributed by atoms with van der Waals surface area (Å²) in [6.45, 7) is 3.26. The lowest BCUT2D eigenvalue weighted by Crippen LogP contribution is -2.21. The first-order chi connectivity index (χ1) is 7.40. The van der Waals surface area contributed by atoms with Gasteiger partial charge >= 0.3 is 0 Å². The minimum Gasteiger partial charge on any atom is -0.307 e. The maximum Gasteiger partial charge on any atom is 0.167 e. The first-order valence-corrected chi connectivity index (χ1v) is 6.04. The fraction of sp³-hybridized carbons (Fsp3) is 0.818. The molecule has 84 valence electrons. The Morgan fingerprint density at radius 3 is 3.13 bits per heavy atom. The topological polar surface area (TPSA) is 53.6 Å². The van der Waals surface area contributed by atoms with Crippen LogP contribution in [-0.2, 0) is 6.42 Å². The predicted octanol–water partition coefficient (Wildman–Crippen LogP) is 1.96. The van der Waals surface area contributed by atoms with Crippen molar-refractivity contribution in [2.45, 2.75) is 51.5 Å². The smallest absolute Gasteiger partial charge is 0.167 e. The number of H-pyrrole nitrogens is 1. The average Bonchev–Trinajstić information content (AvgIpc) is 2.53. The van der Waals surface area contributed by atoms with Gasteiger partial charge in [0.15, 0.2) is 5.82 Å². The van der Waals surface area contributed by atoms with Gasteiger partial charge in [0.25, 0.3) is 0 Å². The van der Waals surface area contributed by atoms with E-state index in [0.717, 1.165) is 31.0 Å². The van der Waals surface area contributed by atoms with Gasteiger partial charge in [0, 0.05) is 6.42 Å². The summed E-state index contributed by atoms with van der Waals surface area (Å²) in [6, 6.07) is 0.370. The van der Waals surface area contributed by atoms with Gasteiger partial charge < -0.3 is 5.32 Å². The van der Waals surface area contributed by atoms with Crippen molar-refractivity contribution in [2.75, 3.05) is 6.54 Å². The molecule has 4 nitrogen and oxygen atoms in total. The van der Waals surface area contributed by atoms with E-state index in [1.165, 1.54) is 25.7 Å². The van der Waals surface area contributed by atoms with E-state index in [1.807, 2.05) is 0 Å². The molecule has 0 saturated carbocycles. The van der Waals surface area contributed by atoms with Crippen LogP contribution in [0.1, 0.15) is 56.7 Å². The highest BCUT2D eigenvalue weighted by molar-refractivity contribution is 4.97. The van der Waals surface area contributed by atoms with Crippen molar-refractivity contribution in [1.82, 2.24) is 20.5 Å². The summed E-state index contributed by atoms with van der Waals surface area (Å²) in [5.41, 5.74) is 0. The van der Waals surface area contributed by atoms with Crippen molar-refractivity contribution in [3.63, 3.8) is 0 Å². The number of rotatable bonds is 3. The molecule has 1 atom stereocenters. The molecule has 2 rings (SSSR count). The molecule has 0 bridgehead atoms. The van der Waals surface area contributed by atoms with Crippen LogP contribution in [0.2, 0.25) is 0 Å². The van der Waals surface area contributed by atoms with Crippen LogP contribution < -0.4 is 5.32 Å². The van der Waals surface area contributed by atoms with E-state index in [9.17, 15) is 0 Å². The number of hydrogen-bond acceptors (Lipinski definition) is 3. The molecule has 15 heavy (non-hydrogen) atoms. The van der Waals surface area contributed by atoms with Crippen molar-refractivity contribution < 1.29 is 0 Å². The van der Waals surface area contributed by atoms with Crippen LogP contribution in [0, 0.1) is 0 Å². The van der Waals surface area contributed by atoms with Crippen molar-refractivity contribution in [3.8, 4) is 0 Å². The predicted molar refractivity (Wildman–Crippen MR) is 59.6 cm³/mol. The molecule has 1 unspecified atom stereocenters. The maximum absolute atomic E-state index is 4.54. The highest BCUT2D eigenvalue weighted by Gasteiger charge is 2.17. The quantitative estimate of drug-likeness (QED) is 0.798. The Morgan fingerprint density at radius 1 is 1.33 bits per heavy atom. The van der Waals surface area contributed by atoms with Gasteiger partial charge in [0.1, 0.15) is 5.82 Å². The number of aryl methyl sites for hydroxylation is 1. The van der Waals surface area contributed by atoms with Crippen LogP contribution in [0.5, 0.6) is 0 Å². The highest BCUT2D eigenvalue weighted by Crippen LogP contribution is 2.19. The summed E-state index contributed by atoms with van der Waals surface area (Å²) in [5, 5.41) is 10.8. The van der Waals surface area contributed by atoms with Gasteiger partial charge in [-0.05, 0) is 25.8 Å². The van der Waals surface area contributed by atoms with E-state index in [1.54, 1.807) is 0 Å². The van der Waals surface area contributed by atoms with Crippen LogP contribution in [0.3, 0.4) is 0 Å². The molecule has 0 aromatic carbocycles. The monoisotopic (exact) mass is 208 g/mol. The van der Waals surface area contributed by atoms with E-state index in [4.69, 9.17) is 0 Å². The Kier molecular flexibility index (Phi) is 3.72. The summed E-state index contributed by atoms with van der Waals surface area (Å²) < 4.78 is 0. The van der Waals surface area contributed by atoms with Gasteiger partial charge in [0.05, 0.1) is 6.04 Å². The molecule has 0 spiro atoms. The number of nitrogens with one attached hydrogen (secondary N) is 2. The Hall–Kier alpha value is -0.900. The van der Waals surface area contributed by atoms with Gasteiger partial charge in [-0.1, -0.05) is 19.8 Å². The fourth-order valence-electron chi connectivity index (χ4n) is 2.06. The lowest BCUT2D eigenvalue weighted by atomic mass is 10.1. The molecule has 2 N–H and O–H groups in total. The Labute approximate surface area is 90.9 Å². The third-order valence-electron chi connectivity index (χ3n) is 2.91. The Balaban J connectivity index is 2.00. The zero-order chi connectivity index (χ0) is 10.5. The lowest BCUT2D eigenvalue weighted by Gasteiger charge is -2.10. The summed E-state index contributed by atoms with van der Waals surface area (Å²) in [6.07, 6.45) is 7.18. The van der Waals surface area contributed by atoms with Crippen LogP contribution >= 0.6 is 0 Å². The Morgan fingerprint density at radius 2 is 2.27 bits per heavy atom. The third-order valence-corrected chi connectivity index (χ3v) is 2.91. The molecule has 1 saturated heterocycles. The number of hydrogen-bond donors (Lipinski definition) is 2. The number of aromatic amines is 1. The molecule has 2 heterocycles. The molecular formula is C11H20N4. The van der Waals surface area contributed by atoms with Crippen LogP contribution in [0.15, 0.2) is 0 Å². The van der Waals surface area contributed by atoms with Gasteiger partial charge in [-0.2, -0.15) is 5.10 Å². The molecule has 1 aromatic rings. The van der Waals surface area contributed by atoms with Gasteiger partial charge in [0.2, 0.25) is 0 Å². The molecule has 1 fully saturated rings. The summed E-state index contributed by atoms with van der Waals surface area (Å²) in [4.78, 5) is 4.54. The number of aromatic nitrogens is 3. The molecule has 0 amide bonds.